The number of hydrogen-bond acceptors (Lipinski definition) is 2. The number of carbonyl (C=O) groups is 1. The van der Waals surface area contributed by atoms with Gasteiger partial charge in [-0.05, 0) is 12.0 Å². The summed E-state index contributed by atoms with van der Waals surface area (Å²) in [5.74, 6) is 1.21. The van der Waals surface area contributed by atoms with Gasteiger partial charge in [-0.2, -0.15) is 0 Å². The van der Waals surface area contributed by atoms with E-state index in [1.807, 2.05) is 38.1 Å². The summed E-state index contributed by atoms with van der Waals surface area (Å²) in [5.41, 5.74) is 1.07. The van der Waals surface area contributed by atoms with Crippen LogP contribution in [0.15, 0.2) is 24.3 Å². The maximum absolute atomic E-state index is 12.1. The van der Waals surface area contributed by atoms with Gasteiger partial charge in [-0.3, -0.25) is 4.79 Å². The minimum absolute atomic E-state index is 0.0479. The summed E-state index contributed by atoms with van der Waals surface area (Å²) in [4.78, 5) is 11.9. The summed E-state index contributed by atoms with van der Waals surface area (Å²) in [5, 5.41) is 3.09. The van der Waals surface area contributed by atoms with Gasteiger partial charge in [-0.25, -0.2) is 0 Å². The number of benzene rings is 1. The molecule has 1 amide bonds. The van der Waals surface area contributed by atoms with Crippen molar-refractivity contribution in [1.82, 2.24) is 5.32 Å². The summed E-state index contributed by atoms with van der Waals surface area (Å²) >= 11 is 3.43. The Labute approximate surface area is 116 Å². The molecule has 0 aliphatic carbocycles. The van der Waals surface area contributed by atoms with Crippen molar-refractivity contribution in [2.75, 3.05) is 6.61 Å². The number of amides is 1. The van der Waals surface area contributed by atoms with E-state index in [9.17, 15) is 4.79 Å². The third kappa shape index (κ3) is 2.86. The zero-order valence-corrected chi connectivity index (χ0v) is 12.2. The molecule has 2 atom stereocenters. The molecule has 0 bridgehead atoms. The van der Waals surface area contributed by atoms with Gasteiger partial charge >= 0.3 is 0 Å². The number of halogens is 1. The van der Waals surface area contributed by atoms with Crippen LogP contribution in [-0.4, -0.2) is 17.3 Å². The monoisotopic (exact) mass is 311 g/mol. The van der Waals surface area contributed by atoms with Crippen molar-refractivity contribution in [2.45, 2.75) is 31.1 Å². The summed E-state index contributed by atoms with van der Waals surface area (Å²) in [6.45, 7) is 4.70. The van der Waals surface area contributed by atoms with E-state index in [0.717, 1.165) is 17.7 Å². The zero-order chi connectivity index (χ0) is 13.1. The van der Waals surface area contributed by atoms with E-state index in [2.05, 4.69) is 21.2 Å². The van der Waals surface area contributed by atoms with Crippen LogP contribution >= 0.6 is 15.9 Å². The van der Waals surface area contributed by atoms with E-state index in [1.54, 1.807) is 0 Å². The molecule has 0 radical (unpaired) electrons. The highest BCUT2D eigenvalue weighted by Gasteiger charge is 2.26. The van der Waals surface area contributed by atoms with Crippen molar-refractivity contribution >= 4 is 21.8 Å². The summed E-state index contributed by atoms with van der Waals surface area (Å²) in [6.07, 6.45) is 0.820. The van der Waals surface area contributed by atoms with E-state index in [1.165, 1.54) is 0 Å². The Morgan fingerprint density at radius 1 is 1.44 bits per heavy atom. The van der Waals surface area contributed by atoms with Crippen LogP contribution in [0.3, 0.4) is 0 Å². The first-order valence-corrected chi connectivity index (χ1v) is 7.17. The molecular weight excluding hydrogens is 294 g/mol. The SMILES string of the molecule is CC(C)[C@@H](Br)C(=O)N[C@@H]1CCOc2ccccc21. The highest BCUT2D eigenvalue weighted by molar-refractivity contribution is 9.10. The Morgan fingerprint density at radius 3 is 2.89 bits per heavy atom. The van der Waals surface area contributed by atoms with Gasteiger partial charge in [0.15, 0.2) is 0 Å². The van der Waals surface area contributed by atoms with Gasteiger partial charge in [0.2, 0.25) is 5.91 Å². The van der Waals surface area contributed by atoms with Crippen LogP contribution in [0.1, 0.15) is 31.9 Å². The van der Waals surface area contributed by atoms with Crippen molar-refractivity contribution in [3.05, 3.63) is 29.8 Å². The first-order valence-electron chi connectivity index (χ1n) is 6.25. The maximum atomic E-state index is 12.1. The number of alkyl halides is 1. The highest BCUT2D eigenvalue weighted by Crippen LogP contribution is 2.31. The lowest BCUT2D eigenvalue weighted by Crippen LogP contribution is -2.38. The molecule has 0 saturated carbocycles. The fourth-order valence-electron chi connectivity index (χ4n) is 2.05. The quantitative estimate of drug-likeness (QED) is 0.871. The maximum Gasteiger partial charge on any atom is 0.234 e. The fraction of sp³-hybridized carbons (Fsp3) is 0.500. The minimum Gasteiger partial charge on any atom is -0.493 e. The highest BCUT2D eigenvalue weighted by atomic mass is 79.9. The van der Waals surface area contributed by atoms with Crippen molar-refractivity contribution in [2.24, 2.45) is 5.92 Å². The van der Waals surface area contributed by atoms with Crippen LogP contribution in [0.2, 0.25) is 0 Å². The second-order valence-corrected chi connectivity index (χ2v) is 5.87. The molecule has 0 fully saturated rings. The molecule has 0 aromatic heterocycles. The van der Waals surface area contributed by atoms with Crippen LogP contribution in [0.25, 0.3) is 0 Å². The van der Waals surface area contributed by atoms with Gasteiger partial charge in [0.1, 0.15) is 5.75 Å². The lowest BCUT2D eigenvalue weighted by atomic mass is 10.00. The molecule has 4 heteroatoms. The molecule has 18 heavy (non-hydrogen) atoms. The molecule has 1 aliphatic heterocycles. The largest absolute Gasteiger partial charge is 0.493 e. The number of rotatable bonds is 3. The Bertz CT molecular complexity index is 434. The lowest BCUT2D eigenvalue weighted by Gasteiger charge is -2.27. The van der Waals surface area contributed by atoms with Gasteiger partial charge < -0.3 is 10.1 Å². The smallest absolute Gasteiger partial charge is 0.234 e. The molecule has 2 rings (SSSR count). The topological polar surface area (TPSA) is 38.3 Å². The van der Waals surface area contributed by atoms with E-state index in [-0.39, 0.29) is 22.7 Å². The number of fused-ring (bicyclic) bond motifs is 1. The Morgan fingerprint density at radius 2 is 2.17 bits per heavy atom. The molecule has 0 unspecified atom stereocenters. The summed E-state index contributed by atoms with van der Waals surface area (Å²) in [6, 6.07) is 7.94. The van der Waals surface area contributed by atoms with Crippen molar-refractivity contribution in [3.8, 4) is 5.75 Å². The van der Waals surface area contributed by atoms with Crippen LogP contribution in [0.5, 0.6) is 5.75 Å². The standard InChI is InChI=1S/C14H18BrNO2/c1-9(2)13(15)14(17)16-11-7-8-18-12-6-4-3-5-10(11)12/h3-6,9,11,13H,7-8H2,1-2H3,(H,16,17)/t11-,13-/m1/s1. The fourth-order valence-corrected chi connectivity index (χ4v) is 2.18. The zero-order valence-electron chi connectivity index (χ0n) is 10.7. The number of carbonyl (C=O) groups excluding carboxylic acids is 1. The average Bonchev–Trinajstić information content (AvgIpc) is 2.38. The molecule has 98 valence electrons. The van der Waals surface area contributed by atoms with E-state index in [4.69, 9.17) is 4.74 Å². The predicted molar refractivity (Wildman–Crippen MR) is 75.0 cm³/mol. The van der Waals surface area contributed by atoms with Crippen LogP contribution in [0.4, 0.5) is 0 Å². The summed E-state index contributed by atoms with van der Waals surface area (Å²) < 4.78 is 5.58. The number of ether oxygens (including phenoxy) is 1. The van der Waals surface area contributed by atoms with Gasteiger partial charge in [-0.15, -0.1) is 0 Å². The van der Waals surface area contributed by atoms with Gasteiger partial charge in [0, 0.05) is 12.0 Å². The third-order valence-corrected chi connectivity index (χ3v) is 4.58. The number of hydrogen-bond donors (Lipinski definition) is 1. The van der Waals surface area contributed by atoms with Crippen LogP contribution in [0, 0.1) is 5.92 Å². The molecule has 1 N–H and O–H groups in total. The molecule has 0 spiro atoms. The molecule has 1 heterocycles. The molecule has 3 nitrogen and oxygen atoms in total. The first kappa shape index (κ1) is 13.4. The second kappa shape index (κ2) is 5.74. The summed E-state index contributed by atoms with van der Waals surface area (Å²) in [7, 11) is 0. The Kier molecular flexibility index (Phi) is 4.27. The molecular formula is C14H18BrNO2. The number of nitrogens with one attached hydrogen (secondary N) is 1. The van der Waals surface area contributed by atoms with Gasteiger partial charge in [0.05, 0.1) is 17.5 Å². The first-order chi connectivity index (χ1) is 8.59. The molecule has 1 aromatic carbocycles. The van der Waals surface area contributed by atoms with Crippen LogP contribution in [-0.2, 0) is 4.79 Å². The second-order valence-electron chi connectivity index (χ2n) is 4.88. The average molecular weight is 312 g/mol. The Balaban J connectivity index is 2.10. The predicted octanol–water partition coefficient (Wildman–Crippen LogP) is 3.05. The van der Waals surface area contributed by atoms with E-state index >= 15 is 0 Å². The molecule has 1 aromatic rings. The van der Waals surface area contributed by atoms with Crippen molar-refractivity contribution in [1.29, 1.82) is 0 Å². The van der Waals surface area contributed by atoms with Crippen molar-refractivity contribution < 1.29 is 9.53 Å². The van der Waals surface area contributed by atoms with Crippen LogP contribution < -0.4 is 10.1 Å². The van der Waals surface area contributed by atoms with E-state index < -0.39 is 0 Å². The minimum atomic E-state index is -0.146. The van der Waals surface area contributed by atoms with E-state index in [0.29, 0.717) is 6.61 Å². The van der Waals surface area contributed by atoms with Gasteiger partial charge in [-0.1, -0.05) is 48.0 Å². The van der Waals surface area contributed by atoms with Crippen molar-refractivity contribution in [3.63, 3.8) is 0 Å². The Hall–Kier alpha value is -1.03. The lowest BCUT2D eigenvalue weighted by molar-refractivity contribution is -0.122. The number of para-hydroxylation sites is 1. The molecule has 0 saturated heterocycles. The third-order valence-electron chi connectivity index (χ3n) is 3.11. The molecule has 1 aliphatic rings. The normalized spacial score (nSPS) is 19.9. The van der Waals surface area contributed by atoms with Gasteiger partial charge in [0.25, 0.3) is 0 Å².